The second kappa shape index (κ2) is 8.04. The van der Waals surface area contributed by atoms with Crippen molar-refractivity contribution in [1.29, 1.82) is 0 Å². The number of hydrogen-bond donors (Lipinski definition) is 1. The molecule has 0 unspecified atom stereocenters. The van der Waals surface area contributed by atoms with Crippen LogP contribution in [-0.2, 0) is 24.7 Å². The Labute approximate surface area is 143 Å². The average Bonchev–Trinajstić information content (AvgIpc) is 2.88. The van der Waals surface area contributed by atoms with E-state index in [2.05, 4.69) is 34.2 Å². The summed E-state index contributed by atoms with van der Waals surface area (Å²) in [4.78, 5) is 20.9. The first kappa shape index (κ1) is 18.1. The Kier molecular flexibility index (Phi) is 6.06. The number of anilines is 1. The number of carbonyl (C=O) groups excluding carboxylic acids is 1. The lowest BCUT2D eigenvalue weighted by Gasteiger charge is -2.07. The van der Waals surface area contributed by atoms with Gasteiger partial charge in [0.25, 0.3) is 0 Å². The molecule has 1 amide bonds. The minimum absolute atomic E-state index is 0.136. The first-order valence-electron chi connectivity index (χ1n) is 8.49. The van der Waals surface area contributed by atoms with E-state index < -0.39 is 0 Å². The highest BCUT2D eigenvalue weighted by Crippen LogP contribution is 2.12. The van der Waals surface area contributed by atoms with Gasteiger partial charge in [0.05, 0.1) is 6.42 Å². The quantitative estimate of drug-likeness (QED) is 0.847. The molecule has 130 valence electrons. The number of nitrogens with zero attached hydrogens (tertiary/aromatic N) is 4. The second-order valence-electron chi connectivity index (χ2n) is 6.87. The summed E-state index contributed by atoms with van der Waals surface area (Å²) in [5, 5.41) is 7.14. The van der Waals surface area contributed by atoms with E-state index in [0.717, 1.165) is 18.7 Å². The molecule has 2 aromatic rings. The Morgan fingerprint density at radius 3 is 2.54 bits per heavy atom. The van der Waals surface area contributed by atoms with Gasteiger partial charge in [-0.3, -0.25) is 9.48 Å². The first-order chi connectivity index (χ1) is 11.3. The van der Waals surface area contributed by atoms with E-state index in [0.29, 0.717) is 17.6 Å². The summed E-state index contributed by atoms with van der Waals surface area (Å²) in [7, 11) is 1.81. The van der Waals surface area contributed by atoms with Crippen molar-refractivity contribution in [3.63, 3.8) is 0 Å². The zero-order valence-corrected chi connectivity index (χ0v) is 15.2. The third-order valence-corrected chi connectivity index (χ3v) is 3.81. The molecule has 0 spiro atoms. The molecular weight excluding hydrogens is 302 g/mol. The van der Waals surface area contributed by atoms with E-state index in [4.69, 9.17) is 0 Å². The molecule has 0 aromatic carbocycles. The van der Waals surface area contributed by atoms with E-state index in [1.54, 1.807) is 4.68 Å². The number of rotatable bonds is 7. The molecule has 0 saturated heterocycles. The third-order valence-electron chi connectivity index (χ3n) is 3.81. The molecule has 0 fully saturated rings. The van der Waals surface area contributed by atoms with Crippen LogP contribution >= 0.6 is 0 Å². The van der Waals surface area contributed by atoms with E-state index in [-0.39, 0.29) is 18.2 Å². The summed E-state index contributed by atoms with van der Waals surface area (Å²) in [6, 6.07) is 3.87. The Hall–Kier alpha value is -2.24. The Morgan fingerprint density at radius 1 is 1.25 bits per heavy atom. The minimum atomic E-state index is -0.136. The number of aryl methyl sites for hydroxylation is 2. The topological polar surface area (TPSA) is 72.7 Å². The van der Waals surface area contributed by atoms with Crippen LogP contribution in [0.25, 0.3) is 0 Å². The van der Waals surface area contributed by atoms with Gasteiger partial charge in [-0.1, -0.05) is 33.8 Å². The second-order valence-corrected chi connectivity index (χ2v) is 6.87. The monoisotopic (exact) mass is 329 g/mol. The van der Waals surface area contributed by atoms with Crippen molar-refractivity contribution in [1.82, 2.24) is 19.7 Å². The smallest absolute Gasteiger partial charge is 0.233 e. The Morgan fingerprint density at radius 2 is 2.00 bits per heavy atom. The maximum absolute atomic E-state index is 12.2. The maximum atomic E-state index is 12.2. The number of aromatic nitrogens is 4. The van der Waals surface area contributed by atoms with Crippen molar-refractivity contribution in [2.75, 3.05) is 5.32 Å². The summed E-state index contributed by atoms with van der Waals surface area (Å²) in [5.41, 5.74) is 1.19. The third kappa shape index (κ3) is 5.15. The van der Waals surface area contributed by atoms with Crippen molar-refractivity contribution >= 4 is 11.7 Å². The zero-order chi connectivity index (χ0) is 17.7. The fraction of sp³-hybridized carbons (Fsp3) is 0.556. The standard InChI is InChI=1S/C18H27N5O/c1-12(2)6-7-14-8-9-15(19-11-14)20-17(24)10-16-21-18(13(3)4)22-23(16)5/h8-9,11-13H,6-7,10H2,1-5H3,(H,19,20,24). The molecule has 0 aliphatic heterocycles. The van der Waals surface area contributed by atoms with Gasteiger partial charge in [-0.25, -0.2) is 9.97 Å². The molecule has 24 heavy (non-hydrogen) atoms. The molecule has 2 rings (SSSR count). The van der Waals surface area contributed by atoms with Gasteiger partial charge in [0.15, 0.2) is 5.82 Å². The predicted octanol–water partition coefficient (Wildman–Crippen LogP) is 3.10. The normalized spacial score (nSPS) is 11.3. The van der Waals surface area contributed by atoms with Crippen LogP contribution in [0.2, 0.25) is 0 Å². The number of nitrogens with one attached hydrogen (secondary N) is 1. The van der Waals surface area contributed by atoms with Gasteiger partial charge in [0.1, 0.15) is 11.6 Å². The van der Waals surface area contributed by atoms with Crippen molar-refractivity contribution in [3.8, 4) is 0 Å². The predicted molar refractivity (Wildman–Crippen MR) is 94.8 cm³/mol. The lowest BCUT2D eigenvalue weighted by molar-refractivity contribution is -0.115. The molecular formula is C18H27N5O. The molecule has 2 aromatic heterocycles. The van der Waals surface area contributed by atoms with Crippen molar-refractivity contribution < 1.29 is 4.79 Å². The summed E-state index contributed by atoms with van der Waals surface area (Å²) in [6.07, 6.45) is 4.16. The van der Waals surface area contributed by atoms with Gasteiger partial charge in [-0.15, -0.1) is 0 Å². The van der Waals surface area contributed by atoms with Crippen molar-refractivity contribution in [2.45, 2.75) is 52.9 Å². The van der Waals surface area contributed by atoms with Crippen LogP contribution in [0.4, 0.5) is 5.82 Å². The summed E-state index contributed by atoms with van der Waals surface area (Å²) >= 11 is 0. The number of carbonyl (C=O) groups is 1. The molecule has 0 aliphatic rings. The fourth-order valence-corrected chi connectivity index (χ4v) is 2.27. The highest BCUT2D eigenvalue weighted by atomic mass is 16.1. The Bertz CT molecular complexity index is 673. The van der Waals surface area contributed by atoms with Crippen LogP contribution in [-0.4, -0.2) is 25.7 Å². The number of pyridine rings is 1. The van der Waals surface area contributed by atoms with E-state index in [9.17, 15) is 4.79 Å². The summed E-state index contributed by atoms with van der Waals surface area (Å²) in [5.74, 6) is 2.76. The SMILES string of the molecule is CC(C)CCc1ccc(NC(=O)Cc2nc(C(C)C)nn2C)nc1. The molecule has 1 N–H and O–H groups in total. The molecule has 2 heterocycles. The number of amides is 1. The van der Waals surface area contributed by atoms with Gasteiger partial charge >= 0.3 is 0 Å². The van der Waals surface area contributed by atoms with Gasteiger partial charge in [0.2, 0.25) is 5.91 Å². The minimum Gasteiger partial charge on any atom is -0.310 e. The fourth-order valence-electron chi connectivity index (χ4n) is 2.27. The molecule has 6 nitrogen and oxygen atoms in total. The number of hydrogen-bond acceptors (Lipinski definition) is 4. The molecule has 0 radical (unpaired) electrons. The summed E-state index contributed by atoms with van der Waals surface area (Å²) < 4.78 is 1.66. The van der Waals surface area contributed by atoms with E-state index in [1.807, 2.05) is 39.2 Å². The molecule has 0 saturated carbocycles. The lowest BCUT2D eigenvalue weighted by Crippen LogP contribution is -2.17. The lowest BCUT2D eigenvalue weighted by atomic mass is 10.0. The first-order valence-corrected chi connectivity index (χ1v) is 8.49. The molecule has 0 bridgehead atoms. The van der Waals surface area contributed by atoms with Crippen LogP contribution in [0, 0.1) is 5.92 Å². The zero-order valence-electron chi connectivity index (χ0n) is 15.2. The maximum Gasteiger partial charge on any atom is 0.233 e. The van der Waals surface area contributed by atoms with Crippen molar-refractivity contribution in [3.05, 3.63) is 35.5 Å². The summed E-state index contributed by atoms with van der Waals surface area (Å²) in [6.45, 7) is 8.48. The van der Waals surface area contributed by atoms with Crippen LogP contribution in [0.1, 0.15) is 57.2 Å². The van der Waals surface area contributed by atoms with E-state index in [1.165, 1.54) is 5.56 Å². The van der Waals surface area contributed by atoms with Gasteiger partial charge in [0, 0.05) is 19.2 Å². The molecule has 0 atom stereocenters. The van der Waals surface area contributed by atoms with Gasteiger partial charge in [-0.05, 0) is 30.4 Å². The van der Waals surface area contributed by atoms with E-state index >= 15 is 0 Å². The highest BCUT2D eigenvalue weighted by Gasteiger charge is 2.14. The van der Waals surface area contributed by atoms with Crippen LogP contribution in [0.3, 0.4) is 0 Å². The average molecular weight is 329 g/mol. The van der Waals surface area contributed by atoms with Crippen LogP contribution in [0.5, 0.6) is 0 Å². The van der Waals surface area contributed by atoms with Crippen LogP contribution in [0.15, 0.2) is 18.3 Å². The van der Waals surface area contributed by atoms with Gasteiger partial charge < -0.3 is 5.32 Å². The molecule has 6 heteroatoms. The molecule has 0 aliphatic carbocycles. The highest BCUT2D eigenvalue weighted by molar-refractivity contribution is 5.90. The van der Waals surface area contributed by atoms with Gasteiger partial charge in [-0.2, -0.15) is 5.10 Å². The van der Waals surface area contributed by atoms with Crippen LogP contribution < -0.4 is 5.32 Å². The largest absolute Gasteiger partial charge is 0.310 e. The van der Waals surface area contributed by atoms with Crippen molar-refractivity contribution in [2.24, 2.45) is 13.0 Å². The Balaban J connectivity index is 1.92.